The van der Waals surface area contributed by atoms with Gasteiger partial charge in [0, 0.05) is 32.0 Å². The summed E-state index contributed by atoms with van der Waals surface area (Å²) in [4.78, 5) is 17.6. The summed E-state index contributed by atoms with van der Waals surface area (Å²) in [5.41, 5.74) is 1.51. The molecule has 0 aliphatic heterocycles. The van der Waals surface area contributed by atoms with Gasteiger partial charge in [-0.15, -0.1) is 0 Å². The van der Waals surface area contributed by atoms with Crippen LogP contribution in [0.15, 0.2) is 42.6 Å². The molecule has 4 nitrogen and oxygen atoms in total. The van der Waals surface area contributed by atoms with Crippen LogP contribution in [-0.2, 0) is 0 Å². The van der Waals surface area contributed by atoms with Crippen molar-refractivity contribution in [1.29, 1.82) is 0 Å². The molecule has 2 aromatic rings. The molecule has 0 saturated heterocycles. The number of aromatic nitrogens is 1. The highest BCUT2D eigenvalue weighted by atomic mass is 16.5. The van der Waals surface area contributed by atoms with Crippen molar-refractivity contribution in [3.8, 4) is 11.6 Å². The molecule has 0 aliphatic carbocycles. The zero-order valence-corrected chi connectivity index (χ0v) is 11.3. The van der Waals surface area contributed by atoms with E-state index in [1.807, 2.05) is 43.3 Å². The molecule has 19 heavy (non-hydrogen) atoms. The highest BCUT2D eigenvalue weighted by molar-refractivity contribution is 5.96. The Balaban J connectivity index is 2.31. The summed E-state index contributed by atoms with van der Waals surface area (Å²) in [5, 5.41) is 0. The van der Waals surface area contributed by atoms with Crippen LogP contribution in [0.4, 0.5) is 5.69 Å². The molecule has 0 radical (unpaired) electrons. The van der Waals surface area contributed by atoms with Crippen LogP contribution in [0.1, 0.15) is 17.3 Å². The second-order valence-electron chi connectivity index (χ2n) is 4.41. The van der Waals surface area contributed by atoms with E-state index in [2.05, 4.69) is 4.98 Å². The highest BCUT2D eigenvalue weighted by Gasteiger charge is 2.10. The van der Waals surface area contributed by atoms with E-state index in [0.717, 1.165) is 5.69 Å². The SMILES string of the molecule is CC(=O)c1cccnc1Oc1cccc(N(C)C)c1. The third-order valence-electron chi connectivity index (χ3n) is 2.70. The minimum absolute atomic E-state index is 0.0631. The predicted octanol–water partition coefficient (Wildman–Crippen LogP) is 3.14. The quantitative estimate of drug-likeness (QED) is 0.788. The summed E-state index contributed by atoms with van der Waals surface area (Å²) < 4.78 is 5.70. The van der Waals surface area contributed by atoms with Gasteiger partial charge in [0.15, 0.2) is 5.78 Å². The lowest BCUT2D eigenvalue weighted by Crippen LogP contribution is -2.08. The summed E-state index contributed by atoms with van der Waals surface area (Å²) in [6.45, 7) is 1.50. The topological polar surface area (TPSA) is 42.4 Å². The van der Waals surface area contributed by atoms with Crippen LogP contribution in [0.3, 0.4) is 0 Å². The summed E-state index contributed by atoms with van der Waals surface area (Å²) in [6.07, 6.45) is 1.61. The van der Waals surface area contributed by atoms with Gasteiger partial charge >= 0.3 is 0 Å². The number of hydrogen-bond donors (Lipinski definition) is 0. The molecule has 0 atom stereocenters. The predicted molar refractivity (Wildman–Crippen MR) is 75.1 cm³/mol. The maximum absolute atomic E-state index is 11.5. The fourth-order valence-corrected chi connectivity index (χ4v) is 1.68. The van der Waals surface area contributed by atoms with Crippen molar-refractivity contribution in [3.05, 3.63) is 48.2 Å². The van der Waals surface area contributed by atoms with Gasteiger partial charge < -0.3 is 9.64 Å². The molecule has 0 N–H and O–H groups in total. The molecule has 1 heterocycles. The van der Waals surface area contributed by atoms with Gasteiger partial charge in [-0.2, -0.15) is 0 Å². The largest absolute Gasteiger partial charge is 0.438 e. The van der Waals surface area contributed by atoms with Gasteiger partial charge in [0.2, 0.25) is 5.88 Å². The lowest BCUT2D eigenvalue weighted by Gasteiger charge is -2.14. The number of nitrogens with zero attached hydrogens (tertiary/aromatic N) is 2. The van der Waals surface area contributed by atoms with E-state index >= 15 is 0 Å². The maximum atomic E-state index is 11.5. The van der Waals surface area contributed by atoms with Crippen molar-refractivity contribution in [2.45, 2.75) is 6.92 Å². The Labute approximate surface area is 112 Å². The van der Waals surface area contributed by atoms with E-state index < -0.39 is 0 Å². The van der Waals surface area contributed by atoms with Gasteiger partial charge in [0.1, 0.15) is 5.75 Å². The van der Waals surface area contributed by atoms with Crippen LogP contribution >= 0.6 is 0 Å². The van der Waals surface area contributed by atoms with E-state index in [1.54, 1.807) is 18.3 Å². The first kappa shape index (κ1) is 13.1. The zero-order chi connectivity index (χ0) is 13.8. The number of ether oxygens (including phenoxy) is 1. The number of hydrogen-bond acceptors (Lipinski definition) is 4. The standard InChI is InChI=1S/C15H16N2O2/c1-11(18)14-8-5-9-16-15(14)19-13-7-4-6-12(10-13)17(2)3/h4-10H,1-3H3. The van der Waals surface area contributed by atoms with E-state index in [0.29, 0.717) is 17.2 Å². The molecule has 4 heteroatoms. The Morgan fingerprint density at radius 1 is 1.21 bits per heavy atom. The van der Waals surface area contributed by atoms with Crippen molar-refractivity contribution in [2.75, 3.05) is 19.0 Å². The highest BCUT2D eigenvalue weighted by Crippen LogP contribution is 2.26. The second kappa shape index (κ2) is 5.52. The average Bonchev–Trinajstić information content (AvgIpc) is 2.39. The smallest absolute Gasteiger partial charge is 0.230 e. The summed E-state index contributed by atoms with van der Waals surface area (Å²) in [7, 11) is 3.92. The van der Waals surface area contributed by atoms with Crippen LogP contribution in [0.25, 0.3) is 0 Å². The van der Waals surface area contributed by atoms with Crippen LogP contribution in [0.5, 0.6) is 11.6 Å². The van der Waals surface area contributed by atoms with Crippen molar-refractivity contribution in [3.63, 3.8) is 0 Å². The number of carbonyl (C=O) groups is 1. The Morgan fingerprint density at radius 2 is 2.00 bits per heavy atom. The molecule has 0 fully saturated rings. The summed E-state index contributed by atoms with van der Waals surface area (Å²) in [6, 6.07) is 11.1. The van der Waals surface area contributed by atoms with Gasteiger partial charge in [-0.1, -0.05) is 6.07 Å². The molecule has 0 unspecified atom stereocenters. The molecular weight excluding hydrogens is 240 g/mol. The minimum Gasteiger partial charge on any atom is -0.438 e. The number of benzene rings is 1. The van der Waals surface area contributed by atoms with E-state index in [9.17, 15) is 4.79 Å². The lowest BCUT2D eigenvalue weighted by atomic mass is 10.2. The van der Waals surface area contributed by atoms with Crippen molar-refractivity contribution in [2.24, 2.45) is 0 Å². The second-order valence-corrected chi connectivity index (χ2v) is 4.41. The molecule has 0 aliphatic rings. The normalized spacial score (nSPS) is 10.1. The number of anilines is 1. The van der Waals surface area contributed by atoms with Gasteiger partial charge in [0.05, 0.1) is 5.56 Å². The monoisotopic (exact) mass is 256 g/mol. The number of Topliss-reactive ketones (excluding diaryl/α,β-unsaturated/α-hetero) is 1. The molecular formula is C15H16N2O2. The molecule has 1 aromatic heterocycles. The first-order chi connectivity index (χ1) is 9.08. The van der Waals surface area contributed by atoms with Gasteiger partial charge in [-0.25, -0.2) is 4.98 Å². The number of ketones is 1. The van der Waals surface area contributed by atoms with Crippen LogP contribution in [0.2, 0.25) is 0 Å². The lowest BCUT2D eigenvalue weighted by molar-refractivity contribution is 0.101. The third kappa shape index (κ3) is 3.10. The van der Waals surface area contributed by atoms with Crippen molar-refractivity contribution >= 4 is 11.5 Å². The Hall–Kier alpha value is -2.36. The third-order valence-corrected chi connectivity index (χ3v) is 2.70. The number of rotatable bonds is 4. The van der Waals surface area contributed by atoms with Gasteiger partial charge in [-0.3, -0.25) is 4.79 Å². The van der Waals surface area contributed by atoms with Crippen LogP contribution < -0.4 is 9.64 Å². The maximum Gasteiger partial charge on any atom is 0.230 e. The molecule has 1 aromatic carbocycles. The number of carbonyl (C=O) groups excluding carboxylic acids is 1. The molecule has 2 rings (SSSR count). The molecule has 0 amide bonds. The summed E-state index contributed by atoms with van der Waals surface area (Å²) in [5.74, 6) is 0.935. The fraction of sp³-hybridized carbons (Fsp3) is 0.200. The van der Waals surface area contributed by atoms with Crippen molar-refractivity contribution in [1.82, 2.24) is 4.98 Å². The minimum atomic E-state index is -0.0631. The van der Waals surface area contributed by atoms with Gasteiger partial charge in [0.25, 0.3) is 0 Å². The summed E-state index contributed by atoms with van der Waals surface area (Å²) >= 11 is 0. The Morgan fingerprint density at radius 3 is 2.68 bits per heavy atom. The van der Waals surface area contributed by atoms with Crippen molar-refractivity contribution < 1.29 is 9.53 Å². The molecule has 0 saturated carbocycles. The Kier molecular flexibility index (Phi) is 3.80. The number of pyridine rings is 1. The van der Waals surface area contributed by atoms with Gasteiger partial charge in [-0.05, 0) is 31.2 Å². The molecule has 0 spiro atoms. The van der Waals surface area contributed by atoms with Crippen LogP contribution in [-0.4, -0.2) is 24.9 Å². The fourth-order valence-electron chi connectivity index (χ4n) is 1.68. The first-order valence-corrected chi connectivity index (χ1v) is 5.99. The van der Waals surface area contributed by atoms with E-state index in [1.165, 1.54) is 6.92 Å². The Bertz CT molecular complexity index is 594. The van der Waals surface area contributed by atoms with Crippen LogP contribution in [0, 0.1) is 0 Å². The van der Waals surface area contributed by atoms with E-state index in [-0.39, 0.29) is 5.78 Å². The first-order valence-electron chi connectivity index (χ1n) is 5.99. The molecule has 0 bridgehead atoms. The average molecular weight is 256 g/mol. The van der Waals surface area contributed by atoms with E-state index in [4.69, 9.17) is 4.74 Å². The molecule has 98 valence electrons. The zero-order valence-electron chi connectivity index (χ0n) is 11.3.